The smallest absolute Gasteiger partial charge is 0.293 e. The topological polar surface area (TPSA) is 66.5 Å². The van der Waals surface area contributed by atoms with Crippen LogP contribution in [0.2, 0.25) is 0 Å². The minimum absolute atomic E-state index is 0.0997. The maximum absolute atomic E-state index is 12.9. The molecule has 0 unspecified atom stereocenters. The van der Waals surface area contributed by atoms with Gasteiger partial charge in [0.2, 0.25) is 0 Å². The van der Waals surface area contributed by atoms with E-state index < -0.39 is 5.91 Å². The Balaban J connectivity index is 1.59. The minimum Gasteiger partial charge on any atom is -0.350 e. The van der Waals surface area contributed by atoms with Gasteiger partial charge in [0, 0.05) is 13.1 Å². The van der Waals surface area contributed by atoms with Gasteiger partial charge in [0.1, 0.15) is 5.82 Å². The molecule has 1 saturated heterocycles. The molecule has 128 valence electrons. The van der Waals surface area contributed by atoms with Gasteiger partial charge < -0.3 is 5.32 Å². The molecule has 0 atom stereocenters. The maximum atomic E-state index is 12.9. The van der Waals surface area contributed by atoms with E-state index in [0.29, 0.717) is 10.4 Å². The average molecular weight is 376 g/mol. The fraction of sp³-hybridized carbons (Fsp3) is 0.118. The second-order valence-corrected chi connectivity index (χ2v) is 7.06. The van der Waals surface area contributed by atoms with E-state index >= 15 is 0 Å². The summed E-state index contributed by atoms with van der Waals surface area (Å²) in [5, 5.41) is 4.09. The van der Waals surface area contributed by atoms with E-state index in [9.17, 15) is 18.8 Å². The third kappa shape index (κ3) is 4.15. The van der Waals surface area contributed by atoms with Crippen LogP contribution in [0.5, 0.6) is 0 Å². The largest absolute Gasteiger partial charge is 0.350 e. The summed E-state index contributed by atoms with van der Waals surface area (Å²) >= 11 is 2.15. The number of nitrogens with zero attached hydrogens (tertiary/aromatic N) is 1. The van der Waals surface area contributed by atoms with E-state index in [0.717, 1.165) is 16.7 Å². The molecule has 5 nitrogen and oxygen atoms in total. The zero-order valence-electron chi connectivity index (χ0n) is 12.9. The molecule has 1 aliphatic heterocycles. The molecule has 3 rings (SSSR count). The summed E-state index contributed by atoms with van der Waals surface area (Å²) < 4.78 is 12.9. The van der Waals surface area contributed by atoms with E-state index in [1.54, 1.807) is 23.6 Å². The number of hydrogen-bond donors (Lipinski definition) is 1. The SMILES string of the molecule is O=C(NCCN1C(=O)S/C(=C/c2ccc(F)cc2)C1=O)c1cccs1. The number of imide groups is 1. The van der Waals surface area contributed by atoms with Crippen LogP contribution < -0.4 is 5.32 Å². The van der Waals surface area contributed by atoms with Gasteiger partial charge in [0.05, 0.1) is 9.78 Å². The van der Waals surface area contributed by atoms with Crippen LogP contribution in [0.1, 0.15) is 15.2 Å². The predicted molar refractivity (Wildman–Crippen MR) is 95.7 cm³/mol. The molecule has 0 saturated carbocycles. The van der Waals surface area contributed by atoms with Crippen molar-refractivity contribution < 1.29 is 18.8 Å². The van der Waals surface area contributed by atoms with Crippen molar-refractivity contribution in [3.8, 4) is 0 Å². The number of amides is 3. The highest BCUT2D eigenvalue weighted by molar-refractivity contribution is 8.18. The van der Waals surface area contributed by atoms with Crippen LogP contribution in [0.3, 0.4) is 0 Å². The lowest BCUT2D eigenvalue weighted by Crippen LogP contribution is -2.37. The van der Waals surface area contributed by atoms with E-state index in [-0.39, 0.29) is 35.0 Å². The van der Waals surface area contributed by atoms with Gasteiger partial charge in [0.15, 0.2) is 0 Å². The average Bonchev–Trinajstić information content (AvgIpc) is 3.21. The number of halogens is 1. The van der Waals surface area contributed by atoms with Crippen molar-refractivity contribution in [1.82, 2.24) is 10.2 Å². The molecule has 0 bridgehead atoms. The molecule has 8 heteroatoms. The zero-order valence-corrected chi connectivity index (χ0v) is 14.5. The van der Waals surface area contributed by atoms with Crippen LogP contribution in [-0.4, -0.2) is 35.0 Å². The highest BCUT2D eigenvalue weighted by atomic mass is 32.2. The van der Waals surface area contributed by atoms with Gasteiger partial charge in [-0.05, 0) is 47.0 Å². The summed E-state index contributed by atoms with van der Waals surface area (Å²) in [5.74, 6) is -1.01. The van der Waals surface area contributed by atoms with Gasteiger partial charge in [-0.15, -0.1) is 11.3 Å². The Morgan fingerprint density at radius 3 is 2.64 bits per heavy atom. The molecule has 1 fully saturated rings. The van der Waals surface area contributed by atoms with E-state index in [2.05, 4.69) is 5.32 Å². The second-order valence-electron chi connectivity index (χ2n) is 5.12. The summed E-state index contributed by atoms with van der Waals surface area (Å²) in [7, 11) is 0. The highest BCUT2D eigenvalue weighted by Crippen LogP contribution is 2.31. The monoisotopic (exact) mass is 376 g/mol. The molecule has 0 aliphatic carbocycles. The second kappa shape index (κ2) is 7.62. The third-order valence-corrected chi connectivity index (χ3v) is 5.18. The molecule has 2 aromatic rings. The number of thioether (sulfide) groups is 1. The lowest BCUT2D eigenvalue weighted by molar-refractivity contribution is -0.122. The fourth-order valence-corrected chi connectivity index (χ4v) is 3.68. The van der Waals surface area contributed by atoms with Crippen molar-refractivity contribution in [2.24, 2.45) is 0 Å². The van der Waals surface area contributed by atoms with Gasteiger partial charge in [-0.2, -0.15) is 0 Å². The van der Waals surface area contributed by atoms with Gasteiger partial charge in [-0.25, -0.2) is 4.39 Å². The Bertz CT molecular complexity index is 832. The maximum Gasteiger partial charge on any atom is 0.293 e. The standard InChI is InChI=1S/C17H13FN2O3S2/c18-12-5-3-11(4-6-12)10-14-16(22)20(17(23)25-14)8-7-19-15(21)13-2-1-9-24-13/h1-6,9-10H,7-8H2,(H,19,21)/b14-10+. The minimum atomic E-state index is -0.412. The van der Waals surface area contributed by atoms with Crippen LogP contribution in [0.25, 0.3) is 6.08 Å². The van der Waals surface area contributed by atoms with Crippen LogP contribution in [0.4, 0.5) is 9.18 Å². The molecular weight excluding hydrogens is 363 g/mol. The van der Waals surface area contributed by atoms with Crippen LogP contribution in [0, 0.1) is 5.82 Å². The Kier molecular flexibility index (Phi) is 5.30. The molecule has 25 heavy (non-hydrogen) atoms. The summed E-state index contributed by atoms with van der Waals surface area (Å²) in [5.41, 5.74) is 0.637. The van der Waals surface area contributed by atoms with Crippen molar-refractivity contribution in [2.75, 3.05) is 13.1 Å². The Morgan fingerprint density at radius 2 is 1.96 bits per heavy atom. The Hall–Kier alpha value is -2.45. The fourth-order valence-electron chi connectivity index (χ4n) is 2.18. The molecule has 1 aliphatic rings. The normalized spacial score (nSPS) is 15.9. The number of hydrogen-bond acceptors (Lipinski definition) is 5. The van der Waals surface area contributed by atoms with Crippen molar-refractivity contribution in [1.29, 1.82) is 0 Å². The van der Waals surface area contributed by atoms with Crippen LogP contribution >= 0.6 is 23.1 Å². The van der Waals surface area contributed by atoms with E-state index in [1.165, 1.54) is 35.6 Å². The lowest BCUT2D eigenvalue weighted by atomic mass is 10.2. The van der Waals surface area contributed by atoms with Crippen molar-refractivity contribution >= 4 is 46.2 Å². The summed E-state index contributed by atoms with van der Waals surface area (Å²) in [6, 6.07) is 9.11. The molecule has 2 heterocycles. The molecule has 1 aromatic carbocycles. The number of benzene rings is 1. The molecule has 0 spiro atoms. The van der Waals surface area contributed by atoms with Gasteiger partial charge in [-0.3, -0.25) is 19.3 Å². The molecular formula is C17H13FN2O3S2. The first kappa shape index (κ1) is 17.4. The van der Waals surface area contributed by atoms with E-state index in [4.69, 9.17) is 0 Å². The number of rotatable bonds is 5. The molecule has 0 radical (unpaired) electrons. The van der Waals surface area contributed by atoms with Crippen molar-refractivity contribution in [2.45, 2.75) is 0 Å². The third-order valence-electron chi connectivity index (χ3n) is 3.41. The molecule has 1 N–H and O–H groups in total. The van der Waals surface area contributed by atoms with Crippen molar-refractivity contribution in [3.05, 3.63) is 62.9 Å². The molecule has 1 aromatic heterocycles. The van der Waals surface area contributed by atoms with Crippen molar-refractivity contribution in [3.63, 3.8) is 0 Å². The zero-order chi connectivity index (χ0) is 17.8. The van der Waals surface area contributed by atoms with Crippen LogP contribution in [-0.2, 0) is 4.79 Å². The van der Waals surface area contributed by atoms with Gasteiger partial charge >= 0.3 is 0 Å². The van der Waals surface area contributed by atoms with Gasteiger partial charge in [0.25, 0.3) is 17.1 Å². The number of thiophene rings is 1. The summed E-state index contributed by atoms with van der Waals surface area (Å²) in [4.78, 5) is 38.1. The first-order valence-corrected chi connectivity index (χ1v) is 9.07. The van der Waals surface area contributed by atoms with Crippen LogP contribution in [0.15, 0.2) is 46.7 Å². The number of nitrogens with one attached hydrogen (secondary N) is 1. The molecule has 3 amide bonds. The van der Waals surface area contributed by atoms with Gasteiger partial charge in [-0.1, -0.05) is 18.2 Å². The quantitative estimate of drug-likeness (QED) is 0.813. The number of carbonyl (C=O) groups excluding carboxylic acids is 3. The summed E-state index contributed by atoms with van der Waals surface area (Å²) in [6.45, 7) is 0.279. The highest BCUT2D eigenvalue weighted by Gasteiger charge is 2.34. The number of carbonyl (C=O) groups is 3. The Labute approximate surface area is 151 Å². The predicted octanol–water partition coefficient (Wildman–Crippen LogP) is 3.35. The van der Waals surface area contributed by atoms with E-state index in [1.807, 2.05) is 0 Å². The summed E-state index contributed by atoms with van der Waals surface area (Å²) in [6.07, 6.45) is 1.55. The lowest BCUT2D eigenvalue weighted by Gasteiger charge is -2.12. The Morgan fingerprint density at radius 1 is 1.20 bits per heavy atom. The first-order valence-electron chi connectivity index (χ1n) is 7.37. The first-order chi connectivity index (χ1) is 12.0.